The molecule has 148 valence electrons. The summed E-state index contributed by atoms with van der Waals surface area (Å²) >= 11 is 6.15. The largest absolute Gasteiger partial charge is 0.495 e. The molecule has 2 heterocycles. The van der Waals surface area contributed by atoms with Gasteiger partial charge in [0.25, 0.3) is 0 Å². The van der Waals surface area contributed by atoms with Crippen LogP contribution >= 0.6 is 11.6 Å². The zero-order valence-corrected chi connectivity index (χ0v) is 16.2. The summed E-state index contributed by atoms with van der Waals surface area (Å²) in [7, 11) is 1.52. The van der Waals surface area contributed by atoms with Gasteiger partial charge in [0, 0.05) is 35.8 Å². The van der Waals surface area contributed by atoms with Gasteiger partial charge in [-0.2, -0.15) is 0 Å². The summed E-state index contributed by atoms with van der Waals surface area (Å²) in [6.45, 7) is 0.260. The molecule has 8 heteroatoms. The number of rotatable bonds is 4. The van der Waals surface area contributed by atoms with Crippen molar-refractivity contribution < 1.29 is 18.7 Å². The predicted octanol–water partition coefficient (Wildman–Crippen LogP) is 3.45. The van der Waals surface area contributed by atoms with E-state index in [0.717, 1.165) is 0 Å². The van der Waals surface area contributed by atoms with Crippen molar-refractivity contribution in [2.75, 3.05) is 23.9 Å². The van der Waals surface area contributed by atoms with E-state index in [1.807, 2.05) is 0 Å². The number of ether oxygens (including phenoxy) is 1. The van der Waals surface area contributed by atoms with Gasteiger partial charge >= 0.3 is 5.63 Å². The molecule has 1 fully saturated rings. The van der Waals surface area contributed by atoms with E-state index in [2.05, 4.69) is 5.32 Å². The van der Waals surface area contributed by atoms with Gasteiger partial charge in [0.2, 0.25) is 11.8 Å². The van der Waals surface area contributed by atoms with Crippen molar-refractivity contribution in [2.45, 2.75) is 6.42 Å². The Balaban J connectivity index is 1.48. The number of methoxy groups -OCH3 is 1. The van der Waals surface area contributed by atoms with Gasteiger partial charge in [-0.3, -0.25) is 9.59 Å². The summed E-state index contributed by atoms with van der Waals surface area (Å²) in [5.41, 5.74) is 1.19. The number of hydrogen-bond donors (Lipinski definition) is 1. The summed E-state index contributed by atoms with van der Waals surface area (Å²) in [5, 5.41) is 3.92. The molecule has 1 aliphatic rings. The molecular formula is C21H17ClN2O5. The van der Waals surface area contributed by atoms with E-state index in [1.54, 1.807) is 47.4 Å². The summed E-state index contributed by atoms with van der Waals surface area (Å²) in [5.74, 6) is -0.375. The minimum Gasteiger partial charge on any atom is -0.495 e. The molecule has 1 aliphatic heterocycles. The molecule has 29 heavy (non-hydrogen) atoms. The van der Waals surface area contributed by atoms with Crippen LogP contribution in [0.5, 0.6) is 5.75 Å². The van der Waals surface area contributed by atoms with Gasteiger partial charge in [-0.25, -0.2) is 4.79 Å². The smallest absolute Gasteiger partial charge is 0.336 e. The molecule has 0 saturated carbocycles. The van der Waals surface area contributed by atoms with Gasteiger partial charge in [0.15, 0.2) is 0 Å². The number of hydrogen-bond acceptors (Lipinski definition) is 5. The summed E-state index contributed by atoms with van der Waals surface area (Å²) in [4.78, 5) is 37.9. The van der Waals surface area contributed by atoms with Crippen LogP contribution in [0.1, 0.15) is 6.42 Å². The summed E-state index contributed by atoms with van der Waals surface area (Å²) < 4.78 is 10.2. The van der Waals surface area contributed by atoms with E-state index >= 15 is 0 Å². The fourth-order valence-electron chi connectivity index (χ4n) is 3.35. The second kappa shape index (κ2) is 7.60. The van der Waals surface area contributed by atoms with Crippen LogP contribution in [-0.2, 0) is 9.59 Å². The average molecular weight is 413 g/mol. The number of halogens is 1. The fourth-order valence-corrected chi connectivity index (χ4v) is 3.60. The molecule has 2 amide bonds. The fraction of sp³-hybridized carbons (Fsp3) is 0.190. The first-order valence-corrected chi connectivity index (χ1v) is 9.31. The third kappa shape index (κ3) is 3.82. The predicted molar refractivity (Wildman–Crippen MR) is 110 cm³/mol. The average Bonchev–Trinajstić information content (AvgIpc) is 3.10. The van der Waals surface area contributed by atoms with Crippen LogP contribution in [0.2, 0.25) is 5.02 Å². The SMILES string of the molecule is COc1ccc(N2C[C@H](C(=O)Nc3ccc4oc(=O)ccc4c3)CC2=O)cc1Cl. The van der Waals surface area contributed by atoms with Gasteiger partial charge in [0.05, 0.1) is 18.1 Å². The van der Waals surface area contributed by atoms with E-state index in [-0.39, 0.29) is 24.8 Å². The van der Waals surface area contributed by atoms with Gasteiger partial charge in [-0.15, -0.1) is 0 Å². The third-order valence-electron chi connectivity index (χ3n) is 4.83. The molecular weight excluding hydrogens is 396 g/mol. The zero-order chi connectivity index (χ0) is 20.5. The number of benzene rings is 2. The van der Waals surface area contributed by atoms with Crippen molar-refractivity contribution in [1.82, 2.24) is 0 Å². The van der Waals surface area contributed by atoms with Gasteiger partial charge < -0.3 is 19.4 Å². The Bertz CT molecular complexity index is 1170. The molecule has 0 bridgehead atoms. The van der Waals surface area contributed by atoms with E-state index in [1.165, 1.54) is 13.2 Å². The van der Waals surface area contributed by atoms with Gasteiger partial charge in [0.1, 0.15) is 11.3 Å². The zero-order valence-electron chi connectivity index (χ0n) is 15.5. The third-order valence-corrected chi connectivity index (χ3v) is 5.13. The molecule has 3 aromatic rings. The highest BCUT2D eigenvalue weighted by Gasteiger charge is 2.35. The van der Waals surface area contributed by atoms with Crippen molar-refractivity contribution in [3.8, 4) is 5.75 Å². The normalized spacial score (nSPS) is 16.3. The minimum atomic E-state index is -0.493. The molecule has 0 unspecified atom stereocenters. The monoisotopic (exact) mass is 412 g/mol. The lowest BCUT2D eigenvalue weighted by atomic mass is 10.1. The lowest BCUT2D eigenvalue weighted by Gasteiger charge is -2.18. The van der Waals surface area contributed by atoms with Crippen LogP contribution in [0.3, 0.4) is 0 Å². The molecule has 0 spiro atoms. The Kier molecular flexibility index (Phi) is 4.98. The highest BCUT2D eigenvalue weighted by molar-refractivity contribution is 6.32. The van der Waals surface area contributed by atoms with E-state index in [9.17, 15) is 14.4 Å². The van der Waals surface area contributed by atoms with E-state index in [4.69, 9.17) is 20.8 Å². The Hall–Kier alpha value is -3.32. The van der Waals surface area contributed by atoms with Crippen molar-refractivity contribution in [3.63, 3.8) is 0 Å². The van der Waals surface area contributed by atoms with Crippen LogP contribution in [0, 0.1) is 5.92 Å². The van der Waals surface area contributed by atoms with Gasteiger partial charge in [-0.05, 0) is 42.5 Å². The first-order chi connectivity index (χ1) is 13.9. The highest BCUT2D eigenvalue weighted by Crippen LogP contribution is 2.32. The van der Waals surface area contributed by atoms with Crippen molar-refractivity contribution in [3.05, 3.63) is 64.0 Å². The Labute approximate surface area is 170 Å². The van der Waals surface area contributed by atoms with Crippen molar-refractivity contribution in [2.24, 2.45) is 5.92 Å². The maximum Gasteiger partial charge on any atom is 0.336 e. The van der Waals surface area contributed by atoms with Crippen LogP contribution in [0.25, 0.3) is 11.0 Å². The number of nitrogens with zero attached hydrogens (tertiary/aromatic N) is 1. The lowest BCUT2D eigenvalue weighted by Crippen LogP contribution is -2.28. The van der Waals surface area contributed by atoms with Crippen LogP contribution in [-0.4, -0.2) is 25.5 Å². The first-order valence-electron chi connectivity index (χ1n) is 8.93. The van der Waals surface area contributed by atoms with Crippen LogP contribution in [0.15, 0.2) is 57.7 Å². The Morgan fingerprint density at radius 1 is 1.17 bits per heavy atom. The van der Waals surface area contributed by atoms with Gasteiger partial charge in [-0.1, -0.05) is 11.6 Å². The van der Waals surface area contributed by atoms with Crippen LogP contribution in [0.4, 0.5) is 11.4 Å². The number of fused-ring (bicyclic) bond motifs is 1. The molecule has 1 aromatic heterocycles. The van der Waals surface area contributed by atoms with Crippen molar-refractivity contribution >= 4 is 45.8 Å². The number of carbonyl (C=O) groups excluding carboxylic acids is 2. The summed E-state index contributed by atoms with van der Waals surface area (Å²) in [6, 6.07) is 13.0. The summed E-state index contributed by atoms with van der Waals surface area (Å²) in [6.07, 6.45) is 0.109. The molecule has 0 radical (unpaired) electrons. The minimum absolute atomic E-state index is 0.109. The molecule has 1 atom stereocenters. The number of anilines is 2. The molecule has 7 nitrogen and oxygen atoms in total. The molecule has 1 saturated heterocycles. The van der Waals surface area contributed by atoms with E-state index < -0.39 is 11.5 Å². The Morgan fingerprint density at radius 2 is 2.00 bits per heavy atom. The number of nitrogens with one attached hydrogen (secondary N) is 1. The maximum atomic E-state index is 12.7. The quantitative estimate of drug-likeness (QED) is 0.663. The molecule has 0 aliphatic carbocycles. The lowest BCUT2D eigenvalue weighted by molar-refractivity contribution is -0.122. The molecule has 2 aromatic carbocycles. The maximum absolute atomic E-state index is 12.7. The second-order valence-corrected chi connectivity index (χ2v) is 7.13. The first kappa shape index (κ1) is 19.0. The number of carbonyl (C=O) groups is 2. The van der Waals surface area contributed by atoms with E-state index in [0.29, 0.717) is 33.1 Å². The molecule has 4 rings (SSSR count). The molecule has 1 N–H and O–H groups in total. The second-order valence-electron chi connectivity index (χ2n) is 6.72. The highest BCUT2D eigenvalue weighted by atomic mass is 35.5. The van der Waals surface area contributed by atoms with Crippen molar-refractivity contribution in [1.29, 1.82) is 0 Å². The van der Waals surface area contributed by atoms with Crippen LogP contribution < -0.4 is 20.6 Å². The Morgan fingerprint density at radius 3 is 2.76 bits per heavy atom. The standard InChI is InChI=1S/C21H17ClN2O5/c1-28-18-6-4-15(10-16(18)22)24-11-13(9-19(24)25)21(27)23-14-3-5-17-12(8-14)2-7-20(26)29-17/h2-8,10,13H,9,11H2,1H3,(H,23,27)/t13-/m1/s1. The topological polar surface area (TPSA) is 88.8 Å². The number of amides is 2.